The summed E-state index contributed by atoms with van der Waals surface area (Å²) >= 11 is 0. The van der Waals surface area contributed by atoms with Gasteiger partial charge < -0.3 is 19.9 Å². The number of nitrogens with two attached hydrogens (primary N) is 1. The van der Waals surface area contributed by atoms with Crippen molar-refractivity contribution in [1.29, 1.82) is 0 Å². The first-order valence-electron chi connectivity index (χ1n) is 7.04. The summed E-state index contributed by atoms with van der Waals surface area (Å²) in [5, 5.41) is 0. The lowest BCUT2D eigenvalue weighted by Gasteiger charge is -2.13. The maximum Gasteiger partial charge on any atom is 0.231 e. The summed E-state index contributed by atoms with van der Waals surface area (Å²) in [6, 6.07) is 14.0. The van der Waals surface area contributed by atoms with Gasteiger partial charge in [0.25, 0.3) is 0 Å². The van der Waals surface area contributed by atoms with Crippen molar-refractivity contribution in [3.05, 3.63) is 53.6 Å². The summed E-state index contributed by atoms with van der Waals surface area (Å²) in [6.07, 6.45) is 1.79. The van der Waals surface area contributed by atoms with Crippen LogP contribution in [0.2, 0.25) is 0 Å². The Kier molecular flexibility index (Phi) is 3.97. The van der Waals surface area contributed by atoms with Crippen LogP contribution in [0.4, 0.5) is 0 Å². The Labute approximate surface area is 124 Å². The molecule has 1 unspecified atom stereocenters. The molecule has 0 bridgehead atoms. The Morgan fingerprint density at radius 1 is 1.10 bits per heavy atom. The van der Waals surface area contributed by atoms with Crippen molar-refractivity contribution in [3.8, 4) is 17.2 Å². The zero-order valence-corrected chi connectivity index (χ0v) is 12.0. The third-order valence-corrected chi connectivity index (χ3v) is 3.72. The predicted molar refractivity (Wildman–Crippen MR) is 80.8 cm³/mol. The standard InChI is InChI=1S/C17H19NO3/c1-19-14-6-4-13(5-7-14)15(18)8-2-12-3-9-16-17(10-12)21-11-20-16/h3-7,9-10,15H,2,8,11,18H2,1H3. The molecule has 0 aliphatic carbocycles. The fourth-order valence-corrected chi connectivity index (χ4v) is 2.44. The molecule has 3 rings (SSSR count). The van der Waals surface area contributed by atoms with E-state index in [2.05, 4.69) is 6.07 Å². The van der Waals surface area contributed by atoms with Crippen molar-refractivity contribution < 1.29 is 14.2 Å². The first-order valence-corrected chi connectivity index (χ1v) is 7.04. The van der Waals surface area contributed by atoms with Gasteiger partial charge in [-0.2, -0.15) is 0 Å². The molecule has 1 atom stereocenters. The highest BCUT2D eigenvalue weighted by Gasteiger charge is 2.14. The molecule has 0 aromatic heterocycles. The number of aryl methyl sites for hydroxylation is 1. The zero-order valence-electron chi connectivity index (χ0n) is 12.0. The van der Waals surface area contributed by atoms with Crippen molar-refractivity contribution in [3.63, 3.8) is 0 Å². The number of fused-ring (bicyclic) bond motifs is 1. The average Bonchev–Trinajstić information content (AvgIpc) is 3.00. The Morgan fingerprint density at radius 3 is 2.62 bits per heavy atom. The molecule has 0 spiro atoms. The minimum Gasteiger partial charge on any atom is -0.497 e. The predicted octanol–water partition coefficient (Wildman–Crippen LogP) is 3.06. The number of rotatable bonds is 5. The second kappa shape index (κ2) is 6.06. The number of hydrogen-bond acceptors (Lipinski definition) is 4. The van der Waals surface area contributed by atoms with Gasteiger partial charge in [-0.05, 0) is 48.2 Å². The maximum absolute atomic E-state index is 6.25. The second-order valence-corrected chi connectivity index (χ2v) is 5.11. The summed E-state index contributed by atoms with van der Waals surface area (Å²) in [7, 11) is 1.66. The lowest BCUT2D eigenvalue weighted by Crippen LogP contribution is -2.11. The highest BCUT2D eigenvalue weighted by atomic mass is 16.7. The highest BCUT2D eigenvalue weighted by molar-refractivity contribution is 5.44. The molecule has 1 aliphatic rings. The monoisotopic (exact) mass is 285 g/mol. The van der Waals surface area contributed by atoms with Crippen LogP contribution in [0.1, 0.15) is 23.6 Å². The summed E-state index contributed by atoms with van der Waals surface area (Å²) in [4.78, 5) is 0. The molecule has 2 aromatic carbocycles. The van der Waals surface area contributed by atoms with Crippen LogP contribution in [-0.4, -0.2) is 13.9 Å². The number of hydrogen-bond donors (Lipinski definition) is 1. The van der Waals surface area contributed by atoms with Crippen LogP contribution in [0.15, 0.2) is 42.5 Å². The zero-order chi connectivity index (χ0) is 14.7. The molecule has 0 amide bonds. The molecular weight excluding hydrogens is 266 g/mol. The minimum atomic E-state index is 0.0151. The molecule has 1 heterocycles. The van der Waals surface area contributed by atoms with Gasteiger partial charge in [0.05, 0.1) is 7.11 Å². The fraction of sp³-hybridized carbons (Fsp3) is 0.294. The molecule has 0 fully saturated rings. The van der Waals surface area contributed by atoms with Crippen LogP contribution >= 0.6 is 0 Å². The lowest BCUT2D eigenvalue weighted by atomic mass is 9.99. The van der Waals surface area contributed by atoms with Crippen LogP contribution in [0.25, 0.3) is 0 Å². The van der Waals surface area contributed by atoms with Crippen LogP contribution in [0.3, 0.4) is 0 Å². The topological polar surface area (TPSA) is 53.7 Å². The SMILES string of the molecule is COc1ccc(C(N)CCc2ccc3c(c2)OCO3)cc1. The fourth-order valence-electron chi connectivity index (χ4n) is 2.44. The van der Waals surface area contributed by atoms with E-state index in [1.54, 1.807) is 7.11 Å². The third-order valence-electron chi connectivity index (χ3n) is 3.72. The molecule has 2 N–H and O–H groups in total. The van der Waals surface area contributed by atoms with Gasteiger partial charge in [0.2, 0.25) is 6.79 Å². The first kappa shape index (κ1) is 13.8. The smallest absolute Gasteiger partial charge is 0.231 e. The lowest BCUT2D eigenvalue weighted by molar-refractivity contribution is 0.174. The maximum atomic E-state index is 6.25. The van der Waals surface area contributed by atoms with E-state index in [0.717, 1.165) is 35.7 Å². The minimum absolute atomic E-state index is 0.0151. The van der Waals surface area contributed by atoms with Gasteiger partial charge in [0.15, 0.2) is 11.5 Å². The molecule has 1 aliphatic heterocycles. The van der Waals surface area contributed by atoms with Gasteiger partial charge in [0.1, 0.15) is 5.75 Å². The van der Waals surface area contributed by atoms with E-state index in [1.807, 2.05) is 36.4 Å². The van der Waals surface area contributed by atoms with E-state index in [9.17, 15) is 0 Å². The van der Waals surface area contributed by atoms with E-state index in [-0.39, 0.29) is 6.04 Å². The molecule has 4 nitrogen and oxygen atoms in total. The third kappa shape index (κ3) is 3.11. The number of methoxy groups -OCH3 is 1. The Morgan fingerprint density at radius 2 is 1.86 bits per heavy atom. The van der Waals surface area contributed by atoms with Crippen LogP contribution in [-0.2, 0) is 6.42 Å². The van der Waals surface area contributed by atoms with Gasteiger partial charge >= 0.3 is 0 Å². The quantitative estimate of drug-likeness (QED) is 0.917. The molecule has 2 aromatic rings. The van der Waals surface area contributed by atoms with Crippen molar-refractivity contribution in [2.45, 2.75) is 18.9 Å². The van der Waals surface area contributed by atoms with Gasteiger partial charge in [-0.25, -0.2) is 0 Å². The van der Waals surface area contributed by atoms with Crippen LogP contribution in [0, 0.1) is 0 Å². The molecule has 110 valence electrons. The van der Waals surface area contributed by atoms with Gasteiger partial charge in [0, 0.05) is 6.04 Å². The van der Waals surface area contributed by atoms with Crippen LogP contribution < -0.4 is 19.9 Å². The molecule has 4 heteroatoms. The molecular formula is C17H19NO3. The summed E-state index contributed by atoms with van der Waals surface area (Å²) in [5.74, 6) is 2.49. The normalized spacial score (nSPS) is 14.0. The first-order chi connectivity index (χ1) is 10.3. The van der Waals surface area contributed by atoms with Crippen molar-refractivity contribution in [2.75, 3.05) is 13.9 Å². The molecule has 0 saturated carbocycles. The van der Waals surface area contributed by atoms with Gasteiger partial charge in [-0.3, -0.25) is 0 Å². The van der Waals surface area contributed by atoms with Crippen molar-refractivity contribution in [1.82, 2.24) is 0 Å². The number of benzene rings is 2. The largest absolute Gasteiger partial charge is 0.497 e. The van der Waals surface area contributed by atoms with E-state index in [1.165, 1.54) is 5.56 Å². The van der Waals surface area contributed by atoms with Crippen molar-refractivity contribution in [2.24, 2.45) is 5.73 Å². The molecule has 21 heavy (non-hydrogen) atoms. The summed E-state index contributed by atoms with van der Waals surface area (Å²) < 4.78 is 15.9. The summed E-state index contributed by atoms with van der Waals surface area (Å²) in [5.41, 5.74) is 8.58. The number of ether oxygens (including phenoxy) is 3. The average molecular weight is 285 g/mol. The summed E-state index contributed by atoms with van der Waals surface area (Å²) in [6.45, 7) is 0.310. The van der Waals surface area contributed by atoms with E-state index in [4.69, 9.17) is 19.9 Å². The van der Waals surface area contributed by atoms with Gasteiger partial charge in [-0.15, -0.1) is 0 Å². The van der Waals surface area contributed by atoms with E-state index >= 15 is 0 Å². The van der Waals surface area contributed by atoms with Gasteiger partial charge in [-0.1, -0.05) is 18.2 Å². The highest BCUT2D eigenvalue weighted by Crippen LogP contribution is 2.33. The van der Waals surface area contributed by atoms with E-state index < -0.39 is 0 Å². The second-order valence-electron chi connectivity index (χ2n) is 5.11. The Hall–Kier alpha value is -2.20. The molecule has 0 radical (unpaired) electrons. The van der Waals surface area contributed by atoms with Crippen molar-refractivity contribution >= 4 is 0 Å². The van der Waals surface area contributed by atoms with E-state index in [0.29, 0.717) is 6.79 Å². The molecule has 0 saturated heterocycles. The van der Waals surface area contributed by atoms with Crippen LogP contribution in [0.5, 0.6) is 17.2 Å². The Bertz CT molecular complexity index is 610. The Balaban J connectivity index is 1.61.